The van der Waals surface area contributed by atoms with Gasteiger partial charge in [-0.2, -0.15) is 5.10 Å². The fourth-order valence-corrected chi connectivity index (χ4v) is 2.54. The summed E-state index contributed by atoms with van der Waals surface area (Å²) in [6.07, 6.45) is 1.51. The molecular weight excluding hydrogens is 338 g/mol. The van der Waals surface area contributed by atoms with Crippen molar-refractivity contribution in [3.63, 3.8) is 0 Å². The van der Waals surface area contributed by atoms with Crippen LogP contribution in [-0.2, 0) is 16.6 Å². The van der Waals surface area contributed by atoms with Gasteiger partial charge in [-0.15, -0.1) is 0 Å². The zero-order valence-corrected chi connectivity index (χ0v) is 14.3. The molecule has 0 aliphatic rings. The molecule has 2 heterocycles. The monoisotopic (exact) mass is 355 g/mol. The van der Waals surface area contributed by atoms with E-state index in [2.05, 4.69) is 10.4 Å². The Bertz CT molecular complexity index is 1010. The van der Waals surface area contributed by atoms with Gasteiger partial charge in [-0.25, -0.2) is 9.48 Å². The zero-order valence-electron chi connectivity index (χ0n) is 14.3. The molecule has 134 valence electrons. The Morgan fingerprint density at radius 1 is 1.23 bits per heavy atom. The largest absolute Gasteiger partial charge is 0.467 e. The predicted octanol–water partition coefficient (Wildman–Crippen LogP) is 1.56. The first-order valence-electron chi connectivity index (χ1n) is 7.93. The fourth-order valence-electron chi connectivity index (χ4n) is 2.54. The quantitative estimate of drug-likeness (QED) is 0.697. The molecule has 3 aromatic rings. The van der Waals surface area contributed by atoms with Gasteiger partial charge in [0.1, 0.15) is 5.76 Å². The number of fused-ring (bicyclic) bond motifs is 1. The molecule has 3 rings (SSSR count). The Morgan fingerprint density at radius 2 is 1.96 bits per heavy atom. The summed E-state index contributed by atoms with van der Waals surface area (Å²) in [5.41, 5.74) is -0.336. The van der Waals surface area contributed by atoms with Crippen LogP contribution in [-0.4, -0.2) is 28.3 Å². The summed E-state index contributed by atoms with van der Waals surface area (Å²) < 4.78 is 11.3. The molecule has 1 atom stereocenters. The molecule has 0 aliphatic carbocycles. The number of carbonyl (C=O) groups is 2. The number of aromatic nitrogens is 2. The molecule has 0 saturated heterocycles. The molecule has 1 amide bonds. The number of nitrogens with one attached hydrogen (secondary N) is 1. The van der Waals surface area contributed by atoms with Crippen molar-refractivity contribution >= 4 is 22.6 Å². The minimum absolute atomic E-state index is 0.0189. The van der Waals surface area contributed by atoms with E-state index in [0.717, 1.165) is 4.68 Å². The van der Waals surface area contributed by atoms with Crippen LogP contribution in [0.3, 0.4) is 0 Å². The highest BCUT2D eigenvalue weighted by Gasteiger charge is 2.19. The van der Waals surface area contributed by atoms with E-state index in [1.807, 2.05) is 0 Å². The number of hydrogen-bond donors (Lipinski definition) is 1. The van der Waals surface area contributed by atoms with Crippen molar-refractivity contribution < 1.29 is 18.7 Å². The Balaban J connectivity index is 1.71. The second-order valence-corrected chi connectivity index (χ2v) is 5.70. The number of nitrogens with zero attached hydrogens (tertiary/aromatic N) is 2. The van der Waals surface area contributed by atoms with Gasteiger partial charge in [-0.05, 0) is 25.1 Å². The van der Waals surface area contributed by atoms with Gasteiger partial charge in [0.15, 0.2) is 12.3 Å². The van der Waals surface area contributed by atoms with Crippen LogP contribution in [0.25, 0.3) is 10.8 Å². The van der Waals surface area contributed by atoms with Crippen LogP contribution in [0.1, 0.15) is 29.2 Å². The summed E-state index contributed by atoms with van der Waals surface area (Å²) in [5.74, 6) is -0.663. The molecule has 1 unspecified atom stereocenters. The van der Waals surface area contributed by atoms with Gasteiger partial charge >= 0.3 is 5.97 Å². The number of hydrogen-bond acceptors (Lipinski definition) is 6. The van der Waals surface area contributed by atoms with Gasteiger partial charge in [0.25, 0.3) is 11.5 Å². The van der Waals surface area contributed by atoms with E-state index in [9.17, 15) is 14.4 Å². The van der Waals surface area contributed by atoms with Crippen molar-refractivity contribution in [1.82, 2.24) is 15.1 Å². The third-order valence-electron chi connectivity index (χ3n) is 3.83. The molecule has 2 aromatic heterocycles. The van der Waals surface area contributed by atoms with Crippen molar-refractivity contribution in [1.29, 1.82) is 0 Å². The number of benzene rings is 1. The Labute approximate surface area is 148 Å². The Hall–Kier alpha value is -3.42. The molecule has 1 N–H and O–H groups in total. The lowest BCUT2D eigenvalue weighted by Gasteiger charge is -2.12. The highest BCUT2D eigenvalue weighted by molar-refractivity contribution is 6.02. The smallest absolute Gasteiger partial charge is 0.359 e. The van der Waals surface area contributed by atoms with Crippen LogP contribution in [0.2, 0.25) is 0 Å². The number of furan rings is 1. The van der Waals surface area contributed by atoms with Crippen LogP contribution in [0.4, 0.5) is 0 Å². The standard InChI is InChI=1S/C18H17N3O5/c1-11(14-8-5-9-25-14)19-15(22)10-26-18(24)16-12-6-3-4-7-13(12)17(23)21(2)20-16/h3-9,11H,10H2,1-2H3,(H,19,22). The zero-order chi connectivity index (χ0) is 18.7. The number of carbonyl (C=O) groups excluding carboxylic acids is 2. The van der Waals surface area contributed by atoms with Crippen LogP contribution in [0, 0.1) is 0 Å². The molecule has 8 nitrogen and oxygen atoms in total. The average Bonchev–Trinajstić information content (AvgIpc) is 3.17. The maximum absolute atomic E-state index is 12.3. The first-order chi connectivity index (χ1) is 12.5. The predicted molar refractivity (Wildman–Crippen MR) is 92.5 cm³/mol. The molecule has 1 aromatic carbocycles. The maximum Gasteiger partial charge on any atom is 0.359 e. The van der Waals surface area contributed by atoms with Crippen LogP contribution in [0.5, 0.6) is 0 Å². The van der Waals surface area contributed by atoms with Gasteiger partial charge < -0.3 is 14.5 Å². The van der Waals surface area contributed by atoms with Gasteiger partial charge in [0.2, 0.25) is 0 Å². The second kappa shape index (κ2) is 7.22. The molecule has 0 aliphatic heterocycles. The van der Waals surface area contributed by atoms with Gasteiger partial charge in [-0.1, -0.05) is 18.2 Å². The summed E-state index contributed by atoms with van der Waals surface area (Å²) >= 11 is 0. The molecule has 26 heavy (non-hydrogen) atoms. The minimum Gasteiger partial charge on any atom is -0.467 e. The normalized spacial score (nSPS) is 11.9. The van der Waals surface area contributed by atoms with Gasteiger partial charge in [-0.3, -0.25) is 9.59 Å². The summed E-state index contributed by atoms with van der Waals surface area (Å²) in [7, 11) is 1.45. The highest BCUT2D eigenvalue weighted by atomic mass is 16.5. The lowest BCUT2D eigenvalue weighted by atomic mass is 10.1. The number of amides is 1. The molecule has 8 heteroatoms. The summed E-state index contributed by atoms with van der Waals surface area (Å²) in [4.78, 5) is 36.4. The lowest BCUT2D eigenvalue weighted by molar-refractivity contribution is -0.125. The van der Waals surface area contributed by atoms with E-state index in [1.165, 1.54) is 13.3 Å². The van der Waals surface area contributed by atoms with Crippen molar-refractivity contribution in [3.8, 4) is 0 Å². The minimum atomic E-state index is -0.780. The summed E-state index contributed by atoms with van der Waals surface area (Å²) in [6, 6.07) is 9.70. The van der Waals surface area contributed by atoms with E-state index in [1.54, 1.807) is 43.3 Å². The summed E-state index contributed by atoms with van der Waals surface area (Å²) in [6.45, 7) is 1.28. The topological polar surface area (TPSA) is 103 Å². The van der Waals surface area contributed by atoms with Crippen LogP contribution >= 0.6 is 0 Å². The number of aryl methyl sites for hydroxylation is 1. The van der Waals surface area contributed by atoms with Crippen molar-refractivity contribution in [2.24, 2.45) is 7.05 Å². The number of esters is 1. The van der Waals surface area contributed by atoms with Crippen molar-refractivity contribution in [2.45, 2.75) is 13.0 Å². The maximum atomic E-state index is 12.3. The molecule has 0 bridgehead atoms. The van der Waals surface area contributed by atoms with Gasteiger partial charge in [0, 0.05) is 12.4 Å². The fraction of sp³-hybridized carbons (Fsp3) is 0.222. The van der Waals surface area contributed by atoms with Gasteiger partial charge in [0.05, 0.1) is 17.7 Å². The van der Waals surface area contributed by atoms with Crippen molar-refractivity contribution in [2.75, 3.05) is 6.61 Å². The number of ether oxygens (including phenoxy) is 1. The summed E-state index contributed by atoms with van der Waals surface area (Å²) in [5, 5.41) is 7.36. The third-order valence-corrected chi connectivity index (χ3v) is 3.83. The van der Waals surface area contributed by atoms with E-state index in [4.69, 9.17) is 9.15 Å². The third kappa shape index (κ3) is 3.49. The first-order valence-corrected chi connectivity index (χ1v) is 7.93. The Kier molecular flexibility index (Phi) is 4.83. The van der Waals surface area contributed by atoms with E-state index >= 15 is 0 Å². The molecule has 0 spiro atoms. The van der Waals surface area contributed by atoms with E-state index in [-0.39, 0.29) is 17.3 Å². The SMILES string of the molecule is CC(NC(=O)COC(=O)c1nn(C)c(=O)c2ccccc12)c1ccco1. The first kappa shape index (κ1) is 17.4. The van der Waals surface area contributed by atoms with Crippen LogP contribution in [0.15, 0.2) is 51.9 Å². The van der Waals surface area contributed by atoms with Crippen LogP contribution < -0.4 is 10.9 Å². The number of rotatable bonds is 5. The lowest BCUT2D eigenvalue weighted by Crippen LogP contribution is -2.31. The molecule has 0 saturated carbocycles. The molecule has 0 radical (unpaired) electrons. The average molecular weight is 355 g/mol. The highest BCUT2D eigenvalue weighted by Crippen LogP contribution is 2.14. The second-order valence-electron chi connectivity index (χ2n) is 5.70. The Morgan fingerprint density at radius 3 is 2.65 bits per heavy atom. The molecule has 0 fully saturated rings. The van der Waals surface area contributed by atoms with E-state index in [0.29, 0.717) is 16.5 Å². The van der Waals surface area contributed by atoms with Crippen molar-refractivity contribution in [3.05, 3.63) is 64.5 Å². The molecular formula is C18H17N3O5. The van der Waals surface area contributed by atoms with E-state index < -0.39 is 18.5 Å².